The van der Waals surface area contributed by atoms with E-state index in [-0.39, 0.29) is 11.9 Å². The molecule has 3 aromatic heterocycles. The number of furan rings is 1. The molecule has 7 heteroatoms. The molecule has 3 rings (SSSR count). The van der Waals surface area contributed by atoms with Crippen LogP contribution in [-0.2, 0) is 11.2 Å². The van der Waals surface area contributed by atoms with Crippen molar-refractivity contribution in [3.63, 3.8) is 0 Å². The lowest BCUT2D eigenvalue weighted by molar-refractivity contribution is -0.121. The van der Waals surface area contributed by atoms with Gasteiger partial charge >= 0.3 is 0 Å². The van der Waals surface area contributed by atoms with Gasteiger partial charge in [0.2, 0.25) is 5.91 Å². The topological polar surface area (TPSA) is 96.2 Å². The van der Waals surface area contributed by atoms with Crippen LogP contribution in [0.5, 0.6) is 0 Å². The zero-order chi connectivity index (χ0) is 19.7. The number of nitrogens with one attached hydrogen (secondary N) is 1. The summed E-state index contributed by atoms with van der Waals surface area (Å²) in [6.45, 7) is 9.58. The second kappa shape index (κ2) is 7.23. The Labute approximate surface area is 158 Å². The lowest BCUT2D eigenvalue weighted by Gasteiger charge is -2.14. The summed E-state index contributed by atoms with van der Waals surface area (Å²) in [6.07, 6.45) is 2.42. The van der Waals surface area contributed by atoms with Crippen LogP contribution in [0.4, 0.5) is 0 Å². The van der Waals surface area contributed by atoms with Crippen LogP contribution in [0, 0.1) is 39.0 Å². The first kappa shape index (κ1) is 18.6. The number of hydrogen-bond donors (Lipinski definition) is 1. The van der Waals surface area contributed by atoms with Crippen molar-refractivity contribution >= 4 is 11.6 Å². The third-order valence-electron chi connectivity index (χ3n) is 4.85. The van der Waals surface area contributed by atoms with E-state index in [1.165, 1.54) is 6.20 Å². The van der Waals surface area contributed by atoms with Crippen molar-refractivity contribution in [2.75, 3.05) is 0 Å². The molecular weight excluding hydrogens is 342 g/mol. The van der Waals surface area contributed by atoms with Crippen molar-refractivity contribution in [3.05, 3.63) is 51.9 Å². The quantitative estimate of drug-likeness (QED) is 0.749. The number of carbonyl (C=O) groups is 1. The third kappa shape index (κ3) is 3.56. The van der Waals surface area contributed by atoms with Gasteiger partial charge in [-0.05, 0) is 52.7 Å². The van der Waals surface area contributed by atoms with Gasteiger partial charge in [0.25, 0.3) is 0 Å². The summed E-state index contributed by atoms with van der Waals surface area (Å²) < 4.78 is 7.20. The Kier molecular flexibility index (Phi) is 5.00. The van der Waals surface area contributed by atoms with Gasteiger partial charge in [0, 0.05) is 23.4 Å². The van der Waals surface area contributed by atoms with Crippen LogP contribution in [0.1, 0.15) is 59.0 Å². The molecule has 3 heterocycles. The van der Waals surface area contributed by atoms with E-state index < -0.39 is 0 Å². The van der Waals surface area contributed by atoms with Crippen LogP contribution >= 0.6 is 0 Å². The van der Waals surface area contributed by atoms with Crippen molar-refractivity contribution < 1.29 is 9.21 Å². The standard InChI is InChI=1S/C20H23N5O2/c1-11-8-18(15(5)27-11)13(3)23-19(26)7-6-17-12(2)24-20-16(9-21)10-22-25(20)14(17)4/h8,10,13H,6-7H2,1-5H3,(H,23,26). The monoisotopic (exact) mass is 365 g/mol. The third-order valence-corrected chi connectivity index (χ3v) is 4.85. The number of carbonyl (C=O) groups excluding carboxylic acids is 1. The number of aromatic nitrogens is 3. The summed E-state index contributed by atoms with van der Waals surface area (Å²) in [5.41, 5.74) is 4.70. The van der Waals surface area contributed by atoms with Crippen molar-refractivity contribution in [2.24, 2.45) is 0 Å². The Bertz CT molecular complexity index is 1050. The molecule has 1 amide bonds. The molecule has 1 unspecified atom stereocenters. The molecule has 0 bridgehead atoms. The summed E-state index contributed by atoms with van der Waals surface area (Å²) in [6, 6.07) is 3.95. The van der Waals surface area contributed by atoms with Crippen LogP contribution < -0.4 is 5.32 Å². The van der Waals surface area contributed by atoms with E-state index >= 15 is 0 Å². The van der Waals surface area contributed by atoms with Gasteiger partial charge < -0.3 is 9.73 Å². The average Bonchev–Trinajstić information content (AvgIpc) is 3.16. The molecule has 1 atom stereocenters. The summed E-state index contributed by atoms with van der Waals surface area (Å²) in [5, 5.41) is 16.4. The van der Waals surface area contributed by atoms with E-state index in [0.29, 0.717) is 24.1 Å². The molecule has 0 saturated heterocycles. The first-order valence-corrected chi connectivity index (χ1v) is 8.92. The van der Waals surface area contributed by atoms with Gasteiger partial charge in [-0.25, -0.2) is 9.50 Å². The SMILES string of the molecule is Cc1cc(C(C)NC(=O)CCc2c(C)nc3c(C#N)cnn3c2C)c(C)o1. The van der Waals surface area contributed by atoms with E-state index in [1.807, 2.05) is 40.7 Å². The zero-order valence-corrected chi connectivity index (χ0v) is 16.3. The normalized spacial score (nSPS) is 12.1. The second-order valence-electron chi connectivity index (χ2n) is 6.82. The number of aryl methyl sites for hydroxylation is 4. The Balaban J connectivity index is 1.72. The number of hydrogen-bond acceptors (Lipinski definition) is 5. The average molecular weight is 365 g/mol. The number of fused-ring (bicyclic) bond motifs is 1. The van der Waals surface area contributed by atoms with Crippen molar-refractivity contribution in [2.45, 2.75) is 53.5 Å². The maximum Gasteiger partial charge on any atom is 0.220 e. The van der Waals surface area contributed by atoms with Crippen molar-refractivity contribution in [1.29, 1.82) is 5.26 Å². The zero-order valence-electron chi connectivity index (χ0n) is 16.3. The molecule has 0 saturated carbocycles. The molecule has 140 valence electrons. The lowest BCUT2D eigenvalue weighted by atomic mass is 10.1. The largest absolute Gasteiger partial charge is 0.466 e. The second-order valence-corrected chi connectivity index (χ2v) is 6.82. The van der Waals surface area contributed by atoms with Crippen LogP contribution in [0.3, 0.4) is 0 Å². The van der Waals surface area contributed by atoms with Gasteiger partial charge in [-0.2, -0.15) is 10.4 Å². The highest BCUT2D eigenvalue weighted by atomic mass is 16.3. The van der Waals surface area contributed by atoms with E-state index in [2.05, 4.69) is 21.5 Å². The Morgan fingerprint density at radius 3 is 2.74 bits per heavy atom. The Morgan fingerprint density at radius 2 is 2.11 bits per heavy atom. The fraction of sp³-hybridized carbons (Fsp3) is 0.400. The van der Waals surface area contributed by atoms with Crippen LogP contribution in [0.2, 0.25) is 0 Å². The Morgan fingerprint density at radius 1 is 1.37 bits per heavy atom. The molecule has 0 aliphatic carbocycles. The maximum absolute atomic E-state index is 12.4. The molecule has 0 aromatic carbocycles. The minimum atomic E-state index is -0.109. The summed E-state index contributed by atoms with van der Waals surface area (Å²) in [5.74, 6) is 1.64. The number of nitrogens with zero attached hydrogens (tertiary/aromatic N) is 4. The van der Waals surface area contributed by atoms with Crippen LogP contribution in [-0.4, -0.2) is 20.5 Å². The highest BCUT2D eigenvalue weighted by Gasteiger charge is 2.17. The molecule has 0 spiro atoms. The minimum absolute atomic E-state index is 0.0298. The van der Waals surface area contributed by atoms with Gasteiger partial charge in [-0.3, -0.25) is 4.79 Å². The first-order chi connectivity index (χ1) is 12.8. The van der Waals surface area contributed by atoms with Gasteiger partial charge in [0.15, 0.2) is 5.65 Å². The number of rotatable bonds is 5. The molecular formula is C20H23N5O2. The molecule has 1 N–H and O–H groups in total. The van der Waals surface area contributed by atoms with Gasteiger partial charge in [-0.1, -0.05) is 0 Å². The van der Waals surface area contributed by atoms with Gasteiger partial charge in [-0.15, -0.1) is 0 Å². The van der Waals surface area contributed by atoms with E-state index in [1.54, 1.807) is 4.52 Å². The number of amides is 1. The predicted octanol–water partition coefficient (Wildman–Crippen LogP) is 3.24. The van der Waals surface area contributed by atoms with Crippen molar-refractivity contribution in [1.82, 2.24) is 19.9 Å². The van der Waals surface area contributed by atoms with E-state index in [4.69, 9.17) is 9.68 Å². The smallest absolute Gasteiger partial charge is 0.220 e. The van der Waals surface area contributed by atoms with E-state index in [0.717, 1.165) is 34.0 Å². The van der Waals surface area contributed by atoms with Gasteiger partial charge in [0.05, 0.1) is 12.2 Å². The van der Waals surface area contributed by atoms with Crippen molar-refractivity contribution in [3.8, 4) is 6.07 Å². The van der Waals surface area contributed by atoms with Crippen LogP contribution in [0.25, 0.3) is 5.65 Å². The molecule has 0 fully saturated rings. The molecule has 7 nitrogen and oxygen atoms in total. The highest BCUT2D eigenvalue weighted by Crippen LogP contribution is 2.22. The fourth-order valence-corrected chi connectivity index (χ4v) is 3.46. The van der Waals surface area contributed by atoms with E-state index in [9.17, 15) is 4.79 Å². The maximum atomic E-state index is 12.4. The predicted molar refractivity (Wildman–Crippen MR) is 100 cm³/mol. The molecule has 0 radical (unpaired) electrons. The lowest BCUT2D eigenvalue weighted by Crippen LogP contribution is -2.27. The fourth-order valence-electron chi connectivity index (χ4n) is 3.46. The summed E-state index contributed by atoms with van der Waals surface area (Å²) >= 11 is 0. The molecule has 3 aromatic rings. The van der Waals surface area contributed by atoms with Crippen LogP contribution in [0.15, 0.2) is 16.7 Å². The van der Waals surface area contributed by atoms with Gasteiger partial charge in [0.1, 0.15) is 23.2 Å². The number of nitriles is 1. The molecule has 27 heavy (non-hydrogen) atoms. The molecule has 0 aliphatic rings. The Hall–Kier alpha value is -3.14. The minimum Gasteiger partial charge on any atom is -0.466 e. The summed E-state index contributed by atoms with van der Waals surface area (Å²) in [4.78, 5) is 16.9. The first-order valence-electron chi connectivity index (χ1n) is 8.92. The molecule has 0 aliphatic heterocycles. The summed E-state index contributed by atoms with van der Waals surface area (Å²) in [7, 11) is 0. The highest BCUT2D eigenvalue weighted by molar-refractivity contribution is 5.76.